The van der Waals surface area contributed by atoms with Crippen LogP contribution in [0.2, 0.25) is 5.02 Å². The van der Waals surface area contributed by atoms with Gasteiger partial charge in [0.1, 0.15) is 0 Å². The van der Waals surface area contributed by atoms with Crippen molar-refractivity contribution in [2.75, 3.05) is 25.4 Å². The van der Waals surface area contributed by atoms with Crippen LogP contribution >= 0.6 is 23.4 Å². The van der Waals surface area contributed by atoms with E-state index in [1.54, 1.807) is 11.8 Å². The van der Waals surface area contributed by atoms with E-state index in [1.165, 1.54) is 4.90 Å². The lowest BCUT2D eigenvalue weighted by Crippen LogP contribution is -2.25. The van der Waals surface area contributed by atoms with E-state index in [0.717, 1.165) is 30.3 Å². The Morgan fingerprint density at radius 1 is 1.44 bits per heavy atom. The Hall–Kier alpha value is -0.710. The van der Waals surface area contributed by atoms with Crippen LogP contribution in [0, 0.1) is 5.92 Å². The summed E-state index contributed by atoms with van der Waals surface area (Å²) in [5.74, 6) is 0.141. The Bertz CT molecular complexity index is 410. The lowest BCUT2D eigenvalue weighted by Gasteiger charge is -2.14. The van der Waals surface area contributed by atoms with Crippen LogP contribution in [0.3, 0.4) is 0 Å². The van der Waals surface area contributed by atoms with Gasteiger partial charge in [0.05, 0.1) is 5.92 Å². The fraction of sp³-hybridized carbons (Fsp3) is 0.462. The van der Waals surface area contributed by atoms with Crippen molar-refractivity contribution in [3.63, 3.8) is 0 Å². The molecule has 1 heterocycles. The third-order valence-electron chi connectivity index (χ3n) is 3.11. The molecule has 0 aromatic heterocycles. The summed E-state index contributed by atoms with van der Waals surface area (Å²) in [5, 5.41) is 9.67. The molecule has 98 valence electrons. The molecule has 0 saturated carbocycles. The summed E-state index contributed by atoms with van der Waals surface area (Å²) in [4.78, 5) is 14.3. The zero-order chi connectivity index (χ0) is 13.0. The van der Waals surface area contributed by atoms with E-state index < -0.39 is 5.97 Å². The van der Waals surface area contributed by atoms with Crippen molar-refractivity contribution in [2.24, 2.45) is 5.92 Å². The number of hydrogen-bond donors (Lipinski definition) is 1. The molecule has 0 spiro atoms. The number of carboxylic acids is 1. The Labute approximate surface area is 116 Å². The van der Waals surface area contributed by atoms with Gasteiger partial charge in [-0.2, -0.15) is 0 Å². The molecule has 3 nitrogen and oxygen atoms in total. The fourth-order valence-corrected chi connectivity index (χ4v) is 3.10. The highest BCUT2D eigenvalue weighted by molar-refractivity contribution is 7.99. The van der Waals surface area contributed by atoms with Crippen LogP contribution in [-0.4, -0.2) is 41.4 Å². The molecule has 0 bridgehead atoms. The quantitative estimate of drug-likeness (QED) is 0.845. The highest BCUT2D eigenvalue weighted by Crippen LogP contribution is 2.22. The molecule has 0 amide bonds. The lowest BCUT2D eigenvalue weighted by molar-refractivity contribution is -0.141. The SMILES string of the molecule is O=C(O)C1CCN(CCSc2ccc(Cl)cc2)C1. The summed E-state index contributed by atoms with van der Waals surface area (Å²) in [5.41, 5.74) is 0. The number of benzene rings is 1. The molecule has 0 radical (unpaired) electrons. The third kappa shape index (κ3) is 3.90. The van der Waals surface area contributed by atoms with E-state index in [2.05, 4.69) is 4.90 Å². The van der Waals surface area contributed by atoms with E-state index in [-0.39, 0.29) is 5.92 Å². The Morgan fingerprint density at radius 2 is 2.17 bits per heavy atom. The number of rotatable bonds is 5. The van der Waals surface area contributed by atoms with Gasteiger partial charge >= 0.3 is 5.97 Å². The van der Waals surface area contributed by atoms with Gasteiger partial charge in [-0.15, -0.1) is 11.8 Å². The van der Waals surface area contributed by atoms with Crippen LogP contribution in [0.25, 0.3) is 0 Å². The number of thioether (sulfide) groups is 1. The molecule has 1 aliphatic heterocycles. The van der Waals surface area contributed by atoms with Crippen LogP contribution in [0.1, 0.15) is 6.42 Å². The minimum Gasteiger partial charge on any atom is -0.481 e. The van der Waals surface area contributed by atoms with Crippen molar-refractivity contribution in [1.29, 1.82) is 0 Å². The number of aliphatic carboxylic acids is 1. The van der Waals surface area contributed by atoms with Crippen molar-refractivity contribution in [2.45, 2.75) is 11.3 Å². The largest absolute Gasteiger partial charge is 0.481 e. The molecule has 2 rings (SSSR count). The predicted octanol–water partition coefficient (Wildman–Crippen LogP) is 2.84. The van der Waals surface area contributed by atoms with Crippen molar-refractivity contribution in [1.82, 2.24) is 4.90 Å². The molecule has 1 fully saturated rings. The first-order valence-electron chi connectivity index (χ1n) is 5.98. The molecule has 1 aromatic carbocycles. The summed E-state index contributed by atoms with van der Waals surface area (Å²) < 4.78 is 0. The maximum absolute atomic E-state index is 10.8. The summed E-state index contributed by atoms with van der Waals surface area (Å²) in [7, 11) is 0. The zero-order valence-electron chi connectivity index (χ0n) is 10.0. The Morgan fingerprint density at radius 3 is 2.78 bits per heavy atom. The topological polar surface area (TPSA) is 40.5 Å². The first-order chi connectivity index (χ1) is 8.65. The standard InChI is InChI=1S/C13H16ClNO2S/c14-11-1-3-12(4-2-11)18-8-7-15-6-5-10(9-15)13(16)17/h1-4,10H,5-9H2,(H,16,17). The molecule has 1 unspecified atom stereocenters. The number of carbonyl (C=O) groups is 1. The molecule has 1 atom stereocenters. The van der Waals surface area contributed by atoms with E-state index in [9.17, 15) is 4.79 Å². The summed E-state index contributed by atoms with van der Waals surface area (Å²) in [6, 6.07) is 7.80. The van der Waals surface area contributed by atoms with Crippen LogP contribution in [-0.2, 0) is 4.79 Å². The molecule has 5 heteroatoms. The van der Waals surface area contributed by atoms with Gasteiger partial charge in [-0.1, -0.05) is 11.6 Å². The van der Waals surface area contributed by atoms with Gasteiger partial charge < -0.3 is 10.0 Å². The van der Waals surface area contributed by atoms with Crippen LogP contribution in [0.15, 0.2) is 29.2 Å². The fourth-order valence-electron chi connectivity index (χ4n) is 2.06. The molecule has 1 saturated heterocycles. The highest BCUT2D eigenvalue weighted by Gasteiger charge is 2.27. The molecule has 1 aliphatic rings. The number of nitrogens with zero attached hydrogens (tertiary/aromatic N) is 1. The van der Waals surface area contributed by atoms with Crippen LogP contribution < -0.4 is 0 Å². The van der Waals surface area contributed by atoms with Gasteiger partial charge in [-0.25, -0.2) is 0 Å². The Balaban J connectivity index is 1.70. The normalized spacial score (nSPS) is 20.2. The minimum absolute atomic E-state index is 0.175. The second-order valence-electron chi connectivity index (χ2n) is 4.43. The Kier molecular flexibility index (Phi) is 4.92. The maximum Gasteiger partial charge on any atom is 0.307 e. The summed E-state index contributed by atoms with van der Waals surface area (Å²) in [6.07, 6.45) is 0.779. The van der Waals surface area contributed by atoms with E-state index in [1.807, 2.05) is 24.3 Å². The predicted molar refractivity (Wildman–Crippen MR) is 74.4 cm³/mol. The zero-order valence-corrected chi connectivity index (χ0v) is 11.6. The summed E-state index contributed by atoms with van der Waals surface area (Å²) in [6.45, 7) is 2.53. The van der Waals surface area contributed by atoms with Gasteiger partial charge in [-0.3, -0.25) is 4.79 Å². The first-order valence-corrected chi connectivity index (χ1v) is 7.35. The molecule has 1 aromatic rings. The van der Waals surface area contributed by atoms with Gasteiger partial charge in [0.25, 0.3) is 0 Å². The van der Waals surface area contributed by atoms with E-state index in [0.29, 0.717) is 6.54 Å². The molecular formula is C13H16ClNO2S. The van der Waals surface area contributed by atoms with Crippen molar-refractivity contribution >= 4 is 29.3 Å². The van der Waals surface area contributed by atoms with Gasteiger partial charge in [0.15, 0.2) is 0 Å². The van der Waals surface area contributed by atoms with E-state index in [4.69, 9.17) is 16.7 Å². The second kappa shape index (κ2) is 6.45. The van der Waals surface area contributed by atoms with Crippen molar-refractivity contribution < 1.29 is 9.90 Å². The average molecular weight is 286 g/mol. The number of carboxylic acid groups (broad SMARTS) is 1. The smallest absolute Gasteiger partial charge is 0.307 e. The molecule has 0 aliphatic carbocycles. The molecular weight excluding hydrogens is 270 g/mol. The van der Waals surface area contributed by atoms with Crippen molar-refractivity contribution in [3.8, 4) is 0 Å². The monoisotopic (exact) mass is 285 g/mol. The molecule has 1 N–H and O–H groups in total. The third-order valence-corrected chi connectivity index (χ3v) is 4.36. The van der Waals surface area contributed by atoms with Gasteiger partial charge in [-0.05, 0) is 37.2 Å². The number of hydrogen-bond acceptors (Lipinski definition) is 3. The number of halogens is 1. The number of likely N-dealkylation sites (tertiary alicyclic amines) is 1. The van der Waals surface area contributed by atoms with E-state index >= 15 is 0 Å². The first kappa shape index (κ1) is 13.7. The average Bonchev–Trinajstić information content (AvgIpc) is 2.81. The highest BCUT2D eigenvalue weighted by atomic mass is 35.5. The van der Waals surface area contributed by atoms with Gasteiger partial charge in [0.2, 0.25) is 0 Å². The van der Waals surface area contributed by atoms with Crippen LogP contribution in [0.4, 0.5) is 0 Å². The second-order valence-corrected chi connectivity index (χ2v) is 6.03. The minimum atomic E-state index is -0.664. The molecule has 18 heavy (non-hydrogen) atoms. The van der Waals surface area contributed by atoms with Crippen LogP contribution in [0.5, 0.6) is 0 Å². The van der Waals surface area contributed by atoms with Crippen molar-refractivity contribution in [3.05, 3.63) is 29.3 Å². The maximum atomic E-state index is 10.8. The summed E-state index contributed by atoms with van der Waals surface area (Å²) >= 11 is 7.60. The van der Waals surface area contributed by atoms with Gasteiger partial charge in [0, 0.05) is 28.8 Å². The lowest BCUT2D eigenvalue weighted by atomic mass is 10.1.